The van der Waals surface area contributed by atoms with Crippen molar-refractivity contribution in [3.05, 3.63) is 103 Å². The summed E-state index contributed by atoms with van der Waals surface area (Å²) in [5.41, 5.74) is 5.45. The third kappa shape index (κ3) is 4.28. The highest BCUT2D eigenvalue weighted by Gasteiger charge is 2.15. The standard InChI is InChI=1S/C29H24N2O3/c1-19(13-29(32)31-17-20-9-11-30-12-10-20)24-15-25-26(18-34-28(25)16-27(24)33-2)23-8-7-21-5-3-4-6-22(21)14-23/h3-16,18H,17H2,1-2H3,(H,31,32)/b19-13+. The van der Waals surface area contributed by atoms with Crippen molar-refractivity contribution in [2.24, 2.45) is 0 Å². The second kappa shape index (κ2) is 9.24. The average molecular weight is 449 g/mol. The summed E-state index contributed by atoms with van der Waals surface area (Å²) in [6.45, 7) is 2.35. The molecule has 5 heteroatoms. The van der Waals surface area contributed by atoms with Crippen LogP contribution in [0.1, 0.15) is 18.1 Å². The molecule has 0 aliphatic carbocycles. The van der Waals surface area contributed by atoms with Crippen molar-refractivity contribution < 1.29 is 13.9 Å². The van der Waals surface area contributed by atoms with Crippen molar-refractivity contribution in [2.45, 2.75) is 13.5 Å². The fourth-order valence-corrected chi connectivity index (χ4v) is 4.13. The molecule has 0 radical (unpaired) electrons. The zero-order chi connectivity index (χ0) is 23.5. The normalized spacial score (nSPS) is 11.6. The van der Waals surface area contributed by atoms with E-state index in [1.54, 1.807) is 31.8 Å². The van der Waals surface area contributed by atoms with Crippen molar-refractivity contribution in [2.75, 3.05) is 7.11 Å². The first-order valence-corrected chi connectivity index (χ1v) is 11.1. The highest BCUT2D eigenvalue weighted by atomic mass is 16.5. The van der Waals surface area contributed by atoms with E-state index >= 15 is 0 Å². The van der Waals surface area contributed by atoms with Crippen molar-refractivity contribution in [1.29, 1.82) is 0 Å². The van der Waals surface area contributed by atoms with Crippen molar-refractivity contribution in [3.63, 3.8) is 0 Å². The number of hydrogen-bond acceptors (Lipinski definition) is 4. The number of ether oxygens (including phenoxy) is 1. The maximum Gasteiger partial charge on any atom is 0.244 e. The minimum Gasteiger partial charge on any atom is -0.496 e. The van der Waals surface area contributed by atoms with Crippen molar-refractivity contribution in [1.82, 2.24) is 10.3 Å². The second-order valence-corrected chi connectivity index (χ2v) is 8.16. The zero-order valence-electron chi connectivity index (χ0n) is 19.0. The molecule has 0 saturated heterocycles. The van der Waals surface area contributed by atoms with Gasteiger partial charge in [0.1, 0.15) is 11.3 Å². The molecule has 34 heavy (non-hydrogen) atoms. The Morgan fingerprint density at radius 1 is 1.03 bits per heavy atom. The third-order valence-corrected chi connectivity index (χ3v) is 5.94. The smallest absolute Gasteiger partial charge is 0.244 e. The molecule has 3 aromatic carbocycles. The molecule has 0 aliphatic heterocycles. The quantitative estimate of drug-likeness (QED) is 0.306. The van der Waals surface area contributed by atoms with Gasteiger partial charge in [0.15, 0.2) is 0 Å². The van der Waals surface area contributed by atoms with Gasteiger partial charge in [-0.05, 0) is 58.7 Å². The molecule has 0 atom stereocenters. The Morgan fingerprint density at radius 3 is 2.62 bits per heavy atom. The van der Waals surface area contributed by atoms with Gasteiger partial charge in [-0.2, -0.15) is 0 Å². The van der Waals surface area contributed by atoms with Gasteiger partial charge in [-0.15, -0.1) is 0 Å². The maximum absolute atomic E-state index is 12.6. The molecule has 0 aliphatic rings. The average Bonchev–Trinajstić information content (AvgIpc) is 3.30. The Balaban J connectivity index is 1.49. The maximum atomic E-state index is 12.6. The number of benzene rings is 3. The van der Waals surface area contributed by atoms with E-state index in [1.165, 1.54) is 10.8 Å². The predicted octanol–water partition coefficient (Wildman–Crippen LogP) is 6.38. The number of nitrogens with zero attached hydrogens (tertiary/aromatic N) is 1. The van der Waals surface area contributed by atoms with Gasteiger partial charge in [0.05, 0.1) is 13.4 Å². The summed E-state index contributed by atoms with van der Waals surface area (Å²) in [5.74, 6) is 0.487. The Hall–Kier alpha value is -4.38. The van der Waals surface area contributed by atoms with E-state index in [0.717, 1.165) is 38.8 Å². The number of fused-ring (bicyclic) bond motifs is 2. The summed E-state index contributed by atoms with van der Waals surface area (Å²) in [6.07, 6.45) is 6.79. The second-order valence-electron chi connectivity index (χ2n) is 8.16. The summed E-state index contributed by atoms with van der Waals surface area (Å²) < 4.78 is 11.5. The van der Waals surface area contributed by atoms with Gasteiger partial charge in [-0.25, -0.2) is 0 Å². The van der Waals surface area contributed by atoms with Crippen LogP contribution in [0, 0.1) is 0 Å². The van der Waals surface area contributed by atoms with Gasteiger partial charge in [0.25, 0.3) is 0 Å². The lowest BCUT2D eigenvalue weighted by Gasteiger charge is -2.10. The van der Waals surface area contributed by atoms with Crippen molar-refractivity contribution >= 4 is 33.2 Å². The van der Waals surface area contributed by atoms with Gasteiger partial charge in [-0.1, -0.05) is 36.4 Å². The molecule has 2 aromatic heterocycles. The fourth-order valence-electron chi connectivity index (χ4n) is 4.13. The highest BCUT2D eigenvalue weighted by molar-refractivity contribution is 6.01. The van der Waals surface area contributed by atoms with Gasteiger partial charge in [-0.3, -0.25) is 9.78 Å². The summed E-state index contributed by atoms with van der Waals surface area (Å²) in [5, 5.41) is 6.25. The number of methoxy groups -OCH3 is 1. The number of allylic oxidation sites excluding steroid dienone is 1. The lowest BCUT2D eigenvalue weighted by molar-refractivity contribution is -0.116. The molecule has 5 rings (SSSR count). The van der Waals surface area contributed by atoms with E-state index < -0.39 is 0 Å². The first-order chi connectivity index (χ1) is 16.6. The molecular formula is C29H24N2O3. The fraction of sp³-hybridized carbons (Fsp3) is 0.103. The van der Waals surface area contributed by atoms with E-state index in [1.807, 2.05) is 43.3 Å². The summed E-state index contributed by atoms with van der Waals surface area (Å²) >= 11 is 0. The van der Waals surface area contributed by atoms with Gasteiger partial charge >= 0.3 is 0 Å². The Kier molecular flexibility index (Phi) is 5.83. The summed E-state index contributed by atoms with van der Waals surface area (Å²) in [6, 6.07) is 22.3. The number of furan rings is 1. The topological polar surface area (TPSA) is 64.4 Å². The van der Waals surface area contributed by atoms with Crippen LogP contribution in [0.25, 0.3) is 38.4 Å². The van der Waals surface area contributed by atoms with Crippen LogP contribution in [0.15, 0.2) is 95.9 Å². The molecule has 1 N–H and O–H groups in total. The van der Waals surface area contributed by atoms with Crippen LogP contribution in [0.5, 0.6) is 5.75 Å². The summed E-state index contributed by atoms with van der Waals surface area (Å²) in [4.78, 5) is 16.6. The van der Waals surface area contributed by atoms with Gasteiger partial charge < -0.3 is 14.5 Å². The summed E-state index contributed by atoms with van der Waals surface area (Å²) in [7, 11) is 1.62. The SMILES string of the molecule is COc1cc2occ(-c3ccc4ccccc4c3)c2cc1/C(C)=C/C(=O)NCc1ccncc1. The molecule has 0 saturated carbocycles. The molecule has 0 fully saturated rings. The molecule has 0 unspecified atom stereocenters. The predicted molar refractivity (Wildman–Crippen MR) is 135 cm³/mol. The molecule has 1 amide bonds. The lowest BCUT2D eigenvalue weighted by Crippen LogP contribution is -2.20. The molecule has 2 heterocycles. The van der Waals surface area contributed by atoms with Crippen molar-refractivity contribution in [3.8, 4) is 16.9 Å². The number of carbonyl (C=O) groups excluding carboxylic acids is 1. The van der Waals surface area contributed by atoms with E-state index in [2.05, 4.69) is 40.6 Å². The Bertz CT molecular complexity index is 1520. The third-order valence-electron chi connectivity index (χ3n) is 5.94. The largest absolute Gasteiger partial charge is 0.496 e. The van der Waals surface area contributed by atoms with Gasteiger partial charge in [0.2, 0.25) is 5.91 Å². The molecule has 5 aromatic rings. The number of aromatic nitrogens is 1. The van der Waals surface area contributed by atoms with Crippen LogP contribution in [0.3, 0.4) is 0 Å². The Morgan fingerprint density at radius 2 is 1.82 bits per heavy atom. The van der Waals surface area contributed by atoms with E-state index in [-0.39, 0.29) is 5.91 Å². The molecule has 0 spiro atoms. The van der Waals surface area contributed by atoms with Crippen LogP contribution in [0.4, 0.5) is 0 Å². The first-order valence-electron chi connectivity index (χ1n) is 11.1. The number of nitrogens with one attached hydrogen (secondary N) is 1. The first kappa shape index (κ1) is 21.5. The minimum absolute atomic E-state index is 0.168. The van der Waals surface area contributed by atoms with E-state index in [0.29, 0.717) is 12.3 Å². The number of hydrogen-bond donors (Lipinski definition) is 1. The monoisotopic (exact) mass is 448 g/mol. The van der Waals surface area contributed by atoms with Crippen LogP contribution in [-0.2, 0) is 11.3 Å². The molecule has 5 nitrogen and oxygen atoms in total. The zero-order valence-corrected chi connectivity index (χ0v) is 19.0. The molecular weight excluding hydrogens is 424 g/mol. The number of rotatable bonds is 6. The number of amides is 1. The van der Waals surface area contributed by atoms with Crippen LogP contribution in [0.2, 0.25) is 0 Å². The highest BCUT2D eigenvalue weighted by Crippen LogP contribution is 2.38. The molecule has 0 bridgehead atoms. The Labute approximate surface area is 197 Å². The lowest BCUT2D eigenvalue weighted by atomic mass is 9.97. The van der Waals surface area contributed by atoms with Crippen LogP contribution in [-0.4, -0.2) is 18.0 Å². The minimum atomic E-state index is -0.168. The van der Waals surface area contributed by atoms with Crippen LogP contribution >= 0.6 is 0 Å². The van der Waals surface area contributed by atoms with E-state index in [4.69, 9.17) is 9.15 Å². The van der Waals surface area contributed by atoms with Crippen LogP contribution < -0.4 is 10.1 Å². The number of pyridine rings is 1. The van der Waals surface area contributed by atoms with E-state index in [9.17, 15) is 4.79 Å². The van der Waals surface area contributed by atoms with Gasteiger partial charge in [0, 0.05) is 47.6 Å². The molecule has 168 valence electrons. The number of carbonyl (C=O) groups is 1.